The predicted octanol–water partition coefficient (Wildman–Crippen LogP) is 2.39. The van der Waals surface area contributed by atoms with Crippen molar-refractivity contribution in [3.05, 3.63) is 70.3 Å². The molecule has 9 heteroatoms. The fourth-order valence-electron chi connectivity index (χ4n) is 4.60. The van der Waals surface area contributed by atoms with E-state index in [0.29, 0.717) is 37.1 Å². The standard InChI is InChI=1S/C26H32N4O4S/c1-34-13-9-26(27)23-16-22(7-6-20(23)8-10-29(26)18-24(31)32)25(33)21-4-2-19(3-5-21)17-28-30-11-14-35-15-12-30/h2-7,16-17H,8-15,18,27H2,1H3,(H,31,32). The Kier molecular flexibility index (Phi) is 8.22. The third-order valence-electron chi connectivity index (χ3n) is 6.60. The molecule has 2 heterocycles. The average molecular weight is 497 g/mol. The molecule has 0 aromatic heterocycles. The molecule has 0 bridgehead atoms. The number of hydrogen-bond acceptors (Lipinski definition) is 8. The lowest BCUT2D eigenvalue weighted by Crippen LogP contribution is -2.58. The molecular formula is C26H32N4O4S. The minimum Gasteiger partial charge on any atom is -0.480 e. The maximum absolute atomic E-state index is 13.3. The first-order valence-corrected chi connectivity index (χ1v) is 13.0. The fourth-order valence-corrected chi connectivity index (χ4v) is 5.49. The summed E-state index contributed by atoms with van der Waals surface area (Å²) in [6.07, 6.45) is 2.93. The van der Waals surface area contributed by atoms with Crippen LogP contribution in [0.3, 0.4) is 0 Å². The summed E-state index contributed by atoms with van der Waals surface area (Å²) in [6.45, 7) is 2.65. The van der Waals surface area contributed by atoms with E-state index in [1.54, 1.807) is 12.0 Å². The topological polar surface area (TPSA) is 108 Å². The zero-order chi connectivity index (χ0) is 24.8. The lowest BCUT2D eigenvalue weighted by molar-refractivity contribution is -0.140. The highest BCUT2D eigenvalue weighted by atomic mass is 32.2. The molecule has 1 unspecified atom stereocenters. The first-order valence-electron chi connectivity index (χ1n) is 11.8. The number of carbonyl (C=O) groups excluding carboxylic acids is 1. The van der Waals surface area contributed by atoms with Crippen molar-refractivity contribution < 1.29 is 19.4 Å². The maximum atomic E-state index is 13.3. The van der Waals surface area contributed by atoms with Crippen molar-refractivity contribution in [3.63, 3.8) is 0 Å². The Morgan fingerprint density at radius 2 is 1.86 bits per heavy atom. The van der Waals surface area contributed by atoms with E-state index < -0.39 is 11.6 Å². The molecule has 1 saturated heterocycles. The second-order valence-electron chi connectivity index (χ2n) is 8.87. The number of carbonyl (C=O) groups is 2. The van der Waals surface area contributed by atoms with Crippen LogP contribution in [0.2, 0.25) is 0 Å². The van der Waals surface area contributed by atoms with E-state index in [9.17, 15) is 14.7 Å². The summed E-state index contributed by atoms with van der Waals surface area (Å²) >= 11 is 1.94. The highest BCUT2D eigenvalue weighted by Crippen LogP contribution is 2.35. The van der Waals surface area contributed by atoms with Crippen LogP contribution >= 0.6 is 11.8 Å². The van der Waals surface area contributed by atoms with Crippen molar-refractivity contribution in [1.29, 1.82) is 0 Å². The van der Waals surface area contributed by atoms with Gasteiger partial charge < -0.3 is 15.6 Å². The maximum Gasteiger partial charge on any atom is 0.317 e. The van der Waals surface area contributed by atoms with E-state index >= 15 is 0 Å². The second kappa shape index (κ2) is 11.3. The number of aliphatic carboxylic acids is 1. The molecule has 0 aliphatic carbocycles. The Hall–Kier alpha value is -2.72. The van der Waals surface area contributed by atoms with E-state index in [1.807, 2.05) is 60.4 Å². The summed E-state index contributed by atoms with van der Waals surface area (Å²) in [4.78, 5) is 26.5. The molecular weight excluding hydrogens is 464 g/mol. The largest absolute Gasteiger partial charge is 0.480 e. The summed E-state index contributed by atoms with van der Waals surface area (Å²) in [5.74, 6) is 1.15. The predicted molar refractivity (Wildman–Crippen MR) is 138 cm³/mol. The Balaban J connectivity index is 1.55. The lowest BCUT2D eigenvalue weighted by atomic mass is 9.83. The van der Waals surface area contributed by atoms with Gasteiger partial charge in [0, 0.05) is 62.4 Å². The second-order valence-corrected chi connectivity index (χ2v) is 10.1. The van der Waals surface area contributed by atoms with Gasteiger partial charge in [-0.05, 0) is 29.2 Å². The van der Waals surface area contributed by atoms with Gasteiger partial charge in [0.1, 0.15) is 0 Å². The van der Waals surface area contributed by atoms with Crippen LogP contribution in [0.1, 0.15) is 39.0 Å². The summed E-state index contributed by atoms with van der Waals surface area (Å²) in [7, 11) is 1.59. The Morgan fingerprint density at radius 3 is 2.54 bits per heavy atom. The molecule has 0 saturated carbocycles. The van der Waals surface area contributed by atoms with E-state index in [4.69, 9.17) is 10.5 Å². The number of thioether (sulfide) groups is 1. The van der Waals surface area contributed by atoms with E-state index in [2.05, 4.69) is 10.1 Å². The molecule has 2 aliphatic heterocycles. The van der Waals surface area contributed by atoms with Gasteiger partial charge in [0.15, 0.2) is 5.78 Å². The number of carboxylic acids is 1. The van der Waals surface area contributed by atoms with Crippen molar-refractivity contribution >= 4 is 29.7 Å². The minimum atomic E-state index is -1.02. The zero-order valence-electron chi connectivity index (χ0n) is 20.0. The number of fused-ring (bicyclic) bond motifs is 1. The van der Waals surface area contributed by atoms with Crippen LogP contribution in [-0.4, -0.2) is 84.4 Å². The van der Waals surface area contributed by atoms with Crippen LogP contribution in [0.4, 0.5) is 0 Å². The Morgan fingerprint density at radius 1 is 1.14 bits per heavy atom. The number of nitrogens with zero attached hydrogens (tertiary/aromatic N) is 3. The van der Waals surface area contributed by atoms with E-state index in [0.717, 1.165) is 41.3 Å². The van der Waals surface area contributed by atoms with Crippen molar-refractivity contribution in [3.8, 4) is 0 Å². The van der Waals surface area contributed by atoms with Crippen LogP contribution in [0.5, 0.6) is 0 Å². The molecule has 1 fully saturated rings. The number of carboxylic acid groups (broad SMARTS) is 1. The summed E-state index contributed by atoms with van der Waals surface area (Å²) < 4.78 is 5.26. The van der Waals surface area contributed by atoms with Crippen LogP contribution in [0.15, 0.2) is 47.6 Å². The summed E-state index contributed by atoms with van der Waals surface area (Å²) in [6, 6.07) is 13.0. The minimum absolute atomic E-state index is 0.103. The third kappa shape index (κ3) is 5.92. The van der Waals surface area contributed by atoms with Crippen molar-refractivity contribution in [2.24, 2.45) is 10.8 Å². The molecule has 0 radical (unpaired) electrons. The average Bonchev–Trinajstić information content (AvgIpc) is 2.88. The van der Waals surface area contributed by atoms with Gasteiger partial charge >= 0.3 is 5.97 Å². The highest BCUT2D eigenvalue weighted by Gasteiger charge is 2.40. The van der Waals surface area contributed by atoms with Gasteiger partial charge in [0.25, 0.3) is 0 Å². The molecule has 8 nitrogen and oxygen atoms in total. The molecule has 2 aromatic carbocycles. The van der Waals surface area contributed by atoms with Crippen LogP contribution in [0.25, 0.3) is 0 Å². The van der Waals surface area contributed by atoms with Crippen LogP contribution in [-0.2, 0) is 21.6 Å². The summed E-state index contributed by atoms with van der Waals surface area (Å²) in [5.41, 5.74) is 9.67. The van der Waals surface area contributed by atoms with Crippen molar-refractivity contribution in [2.75, 3.05) is 51.4 Å². The third-order valence-corrected chi connectivity index (χ3v) is 7.54. The lowest BCUT2D eigenvalue weighted by Gasteiger charge is -2.45. The Bertz CT molecular complexity index is 1090. The van der Waals surface area contributed by atoms with Gasteiger partial charge in [-0.15, -0.1) is 0 Å². The smallest absolute Gasteiger partial charge is 0.317 e. The number of rotatable bonds is 9. The van der Waals surface area contributed by atoms with Gasteiger partial charge in [-0.1, -0.05) is 36.4 Å². The molecule has 2 aromatic rings. The Labute approximate surface area is 210 Å². The zero-order valence-corrected chi connectivity index (χ0v) is 20.8. The molecule has 0 spiro atoms. The number of ketones is 1. The number of hydrazone groups is 1. The fraction of sp³-hybridized carbons (Fsp3) is 0.423. The normalized spacial score (nSPS) is 20.7. The molecule has 1 atom stereocenters. The van der Waals surface area contributed by atoms with Crippen molar-refractivity contribution in [2.45, 2.75) is 18.5 Å². The quantitative estimate of drug-likeness (QED) is 0.402. The van der Waals surface area contributed by atoms with Gasteiger partial charge in [0.2, 0.25) is 0 Å². The molecule has 186 valence electrons. The first kappa shape index (κ1) is 25.4. The van der Waals surface area contributed by atoms with Gasteiger partial charge in [-0.2, -0.15) is 16.9 Å². The molecule has 2 aliphatic rings. The van der Waals surface area contributed by atoms with E-state index in [1.165, 1.54) is 0 Å². The van der Waals surface area contributed by atoms with Gasteiger partial charge in [-0.25, -0.2) is 0 Å². The summed E-state index contributed by atoms with van der Waals surface area (Å²) in [5, 5.41) is 16.0. The van der Waals surface area contributed by atoms with Crippen LogP contribution < -0.4 is 5.73 Å². The number of methoxy groups -OCH3 is 1. The van der Waals surface area contributed by atoms with Crippen molar-refractivity contribution in [1.82, 2.24) is 9.91 Å². The van der Waals surface area contributed by atoms with Gasteiger partial charge in [-0.3, -0.25) is 19.5 Å². The molecule has 4 rings (SSSR count). The number of ether oxygens (including phenoxy) is 1. The number of benzene rings is 2. The monoisotopic (exact) mass is 496 g/mol. The van der Waals surface area contributed by atoms with Crippen LogP contribution in [0, 0.1) is 0 Å². The van der Waals surface area contributed by atoms with Gasteiger partial charge in [0.05, 0.1) is 18.4 Å². The number of nitrogens with two attached hydrogens (primary N) is 1. The molecule has 0 amide bonds. The highest BCUT2D eigenvalue weighted by molar-refractivity contribution is 7.99. The number of hydrogen-bond donors (Lipinski definition) is 2. The van der Waals surface area contributed by atoms with E-state index in [-0.39, 0.29) is 12.3 Å². The first-order chi connectivity index (χ1) is 16.9. The molecule has 35 heavy (non-hydrogen) atoms. The SMILES string of the molecule is COCCC1(N)c2cc(C(=O)c3ccc(C=NN4CCSCC4)cc3)ccc2CCN1CC(=O)O. The molecule has 3 N–H and O–H groups in total.